The molecule has 0 radical (unpaired) electrons. The van der Waals surface area contributed by atoms with Crippen molar-refractivity contribution in [2.24, 2.45) is 0 Å². The van der Waals surface area contributed by atoms with Crippen molar-refractivity contribution < 1.29 is 24.0 Å². The van der Waals surface area contributed by atoms with Crippen molar-refractivity contribution in [3.63, 3.8) is 0 Å². The average Bonchev–Trinajstić information content (AvgIpc) is 2.75. The molecule has 7 nitrogen and oxygen atoms in total. The number of benzene rings is 2. The molecule has 7 heteroatoms. The van der Waals surface area contributed by atoms with E-state index in [4.69, 9.17) is 9.47 Å². The van der Waals surface area contributed by atoms with Gasteiger partial charge in [0.05, 0.1) is 13.0 Å². The second kappa shape index (κ2) is 10.8. The predicted molar refractivity (Wildman–Crippen MR) is 114 cm³/mol. The normalized spacial score (nSPS) is 20.9. The number of carbonyl (C=O) groups is 2. The zero-order valence-electron chi connectivity index (χ0n) is 17.5. The lowest BCUT2D eigenvalue weighted by Gasteiger charge is -2.32. The summed E-state index contributed by atoms with van der Waals surface area (Å²) < 4.78 is 11.2. The van der Waals surface area contributed by atoms with Gasteiger partial charge >= 0.3 is 0 Å². The van der Waals surface area contributed by atoms with Crippen LogP contribution in [0.15, 0.2) is 54.6 Å². The van der Waals surface area contributed by atoms with Crippen LogP contribution in [0.3, 0.4) is 0 Å². The molecule has 2 aromatic rings. The molecule has 0 aliphatic carbocycles. The first kappa shape index (κ1) is 21.8. The van der Waals surface area contributed by atoms with Crippen LogP contribution < -0.4 is 20.5 Å². The quantitative estimate of drug-likeness (QED) is 0.592. The molecule has 1 saturated heterocycles. The van der Waals surface area contributed by atoms with Crippen LogP contribution in [0.5, 0.6) is 5.75 Å². The number of carbonyl (C=O) groups excluding carboxylic acids is 2. The first-order chi connectivity index (χ1) is 14.5. The van der Waals surface area contributed by atoms with E-state index in [-0.39, 0.29) is 24.7 Å². The fraction of sp³-hybridized carbons (Fsp3) is 0.391. The third-order valence-electron chi connectivity index (χ3n) is 5.00. The largest absolute Gasteiger partial charge is 0.484 e. The maximum atomic E-state index is 12.0. The number of hydrogen-bond acceptors (Lipinski definition) is 4. The maximum absolute atomic E-state index is 12.0. The zero-order chi connectivity index (χ0) is 21.3. The summed E-state index contributed by atoms with van der Waals surface area (Å²) in [4.78, 5) is 25.3. The van der Waals surface area contributed by atoms with E-state index in [0.717, 1.165) is 24.2 Å². The van der Waals surface area contributed by atoms with Crippen molar-refractivity contribution in [1.82, 2.24) is 10.9 Å². The second-order valence-electron chi connectivity index (χ2n) is 7.69. The minimum Gasteiger partial charge on any atom is -0.484 e. The van der Waals surface area contributed by atoms with Crippen molar-refractivity contribution in [2.75, 3.05) is 26.2 Å². The molecule has 1 aliphatic heterocycles. The van der Waals surface area contributed by atoms with Crippen LogP contribution in [-0.2, 0) is 14.3 Å². The number of ether oxygens (including phenoxy) is 2. The van der Waals surface area contributed by atoms with E-state index in [2.05, 4.69) is 10.9 Å². The van der Waals surface area contributed by atoms with E-state index < -0.39 is 5.91 Å². The van der Waals surface area contributed by atoms with Gasteiger partial charge in [-0.2, -0.15) is 0 Å². The van der Waals surface area contributed by atoms with Gasteiger partial charge in [0, 0.05) is 0 Å². The summed E-state index contributed by atoms with van der Waals surface area (Å²) in [5, 5.41) is 0. The smallest absolute Gasteiger partial charge is 0.276 e. The van der Waals surface area contributed by atoms with Crippen molar-refractivity contribution in [2.45, 2.75) is 32.5 Å². The average molecular weight is 413 g/mol. The Kier molecular flexibility index (Phi) is 7.82. The first-order valence-corrected chi connectivity index (χ1v) is 10.3. The molecule has 0 bridgehead atoms. The Morgan fingerprint density at radius 3 is 2.20 bits per heavy atom. The Labute approximate surface area is 177 Å². The first-order valence-electron chi connectivity index (χ1n) is 10.3. The number of hydrazine groups is 1. The summed E-state index contributed by atoms with van der Waals surface area (Å²) in [6.45, 7) is 6.41. The van der Waals surface area contributed by atoms with E-state index in [1.165, 1.54) is 4.90 Å². The van der Waals surface area contributed by atoms with Crippen LogP contribution >= 0.6 is 0 Å². The lowest BCUT2D eigenvalue weighted by molar-refractivity contribution is -0.914. The number of morpholine rings is 1. The molecule has 3 N–H and O–H groups in total. The van der Waals surface area contributed by atoms with E-state index in [1.54, 1.807) is 0 Å². The van der Waals surface area contributed by atoms with Gasteiger partial charge in [-0.3, -0.25) is 20.4 Å². The summed E-state index contributed by atoms with van der Waals surface area (Å²) in [6, 6.07) is 17.6. The Bertz CT molecular complexity index is 816. The third-order valence-corrected chi connectivity index (χ3v) is 5.00. The highest BCUT2D eigenvalue weighted by molar-refractivity contribution is 5.82. The van der Waals surface area contributed by atoms with Gasteiger partial charge in [-0.05, 0) is 37.1 Å². The molecule has 2 aromatic carbocycles. The summed E-state index contributed by atoms with van der Waals surface area (Å²) in [5.74, 6) is -0.0263. The van der Waals surface area contributed by atoms with Crippen LogP contribution in [0.2, 0.25) is 0 Å². The fourth-order valence-electron chi connectivity index (χ4n) is 3.64. The van der Waals surface area contributed by atoms with Crippen LogP contribution in [0.4, 0.5) is 0 Å². The van der Waals surface area contributed by atoms with Gasteiger partial charge in [-0.15, -0.1) is 0 Å². The minimum atomic E-state index is -0.406. The van der Waals surface area contributed by atoms with Crippen LogP contribution in [0.25, 0.3) is 11.1 Å². The molecule has 1 heterocycles. The van der Waals surface area contributed by atoms with Gasteiger partial charge in [0.1, 0.15) is 31.0 Å². The Morgan fingerprint density at radius 1 is 0.933 bits per heavy atom. The van der Waals surface area contributed by atoms with E-state index >= 15 is 0 Å². The van der Waals surface area contributed by atoms with Crippen molar-refractivity contribution in [1.29, 1.82) is 0 Å². The summed E-state index contributed by atoms with van der Waals surface area (Å²) in [6.07, 6.45) is 0.743. The van der Waals surface area contributed by atoms with E-state index in [1.807, 2.05) is 68.4 Å². The van der Waals surface area contributed by atoms with Gasteiger partial charge < -0.3 is 14.4 Å². The Morgan fingerprint density at radius 2 is 1.53 bits per heavy atom. The lowest BCUT2D eigenvalue weighted by Crippen LogP contribution is -3.15. The van der Waals surface area contributed by atoms with Crippen LogP contribution in [0, 0.1) is 0 Å². The van der Waals surface area contributed by atoms with E-state index in [0.29, 0.717) is 18.7 Å². The molecule has 1 fully saturated rings. The molecule has 1 aliphatic rings. The highest BCUT2D eigenvalue weighted by atomic mass is 16.5. The molecule has 160 valence electrons. The monoisotopic (exact) mass is 412 g/mol. The number of amides is 2. The highest BCUT2D eigenvalue weighted by Crippen LogP contribution is 2.21. The molecule has 2 atom stereocenters. The SMILES string of the molecule is C[C@H]1C[NH+](CCC(=O)NNC(=O)COc2ccc(-c3ccccc3)cc2)C[C@H](C)O1. The highest BCUT2D eigenvalue weighted by Gasteiger charge is 2.25. The maximum Gasteiger partial charge on any atom is 0.276 e. The Balaban J connectivity index is 1.34. The summed E-state index contributed by atoms with van der Waals surface area (Å²) in [7, 11) is 0. The molecule has 30 heavy (non-hydrogen) atoms. The van der Waals surface area contributed by atoms with Gasteiger partial charge in [-0.1, -0.05) is 42.5 Å². The number of quaternary nitrogens is 1. The Hall–Kier alpha value is -2.90. The second-order valence-corrected chi connectivity index (χ2v) is 7.69. The topological polar surface area (TPSA) is 81.1 Å². The number of rotatable bonds is 7. The van der Waals surface area contributed by atoms with Crippen molar-refractivity contribution >= 4 is 11.8 Å². The van der Waals surface area contributed by atoms with Gasteiger partial charge in [-0.25, -0.2) is 0 Å². The van der Waals surface area contributed by atoms with Gasteiger partial charge in [0.15, 0.2) is 6.61 Å². The summed E-state index contributed by atoms with van der Waals surface area (Å²) in [5.41, 5.74) is 7.04. The molecular weight excluding hydrogens is 382 g/mol. The van der Waals surface area contributed by atoms with Gasteiger partial charge in [0.25, 0.3) is 5.91 Å². The van der Waals surface area contributed by atoms with Crippen LogP contribution in [0.1, 0.15) is 20.3 Å². The molecule has 0 aromatic heterocycles. The molecule has 2 amide bonds. The van der Waals surface area contributed by atoms with Gasteiger partial charge in [0.2, 0.25) is 5.91 Å². The summed E-state index contributed by atoms with van der Waals surface area (Å²) >= 11 is 0. The molecule has 3 rings (SSSR count). The predicted octanol–water partition coefficient (Wildman–Crippen LogP) is 0.962. The number of nitrogens with one attached hydrogen (secondary N) is 3. The molecule has 0 unspecified atom stereocenters. The van der Waals surface area contributed by atoms with E-state index in [9.17, 15) is 9.59 Å². The fourth-order valence-corrected chi connectivity index (χ4v) is 3.64. The minimum absolute atomic E-state index is 0.172. The molecular formula is C23H30N3O4+. The lowest BCUT2D eigenvalue weighted by atomic mass is 10.1. The zero-order valence-corrected chi connectivity index (χ0v) is 17.5. The third kappa shape index (κ3) is 6.86. The van der Waals surface area contributed by atoms with Crippen molar-refractivity contribution in [3.8, 4) is 16.9 Å². The molecule has 0 saturated carbocycles. The molecule has 0 spiro atoms. The standard InChI is InChI=1S/C23H29N3O4/c1-17-14-26(15-18(2)30-17)13-12-22(27)24-25-23(28)16-29-21-10-8-20(9-11-21)19-6-4-3-5-7-19/h3-11,17-18H,12-16H2,1-2H3,(H,24,27)(H,25,28)/p+1/t17-,18-/m0/s1. The van der Waals surface area contributed by atoms with Crippen LogP contribution in [-0.4, -0.2) is 50.3 Å². The number of hydrogen-bond donors (Lipinski definition) is 3. The van der Waals surface area contributed by atoms with Crippen molar-refractivity contribution in [3.05, 3.63) is 54.6 Å².